The Hall–Kier alpha value is -0.830. The van der Waals surface area contributed by atoms with Crippen LogP contribution in [0.15, 0.2) is 12.7 Å². The largest absolute Gasteiger partial charge is 0.352 e. The van der Waals surface area contributed by atoms with Crippen molar-refractivity contribution in [3.8, 4) is 0 Å². The molecule has 1 aliphatic rings. The summed E-state index contributed by atoms with van der Waals surface area (Å²) in [6.07, 6.45) is 3.09. The normalized spacial score (nSPS) is 23.1. The first-order chi connectivity index (χ1) is 5.33. The van der Waals surface area contributed by atoms with E-state index in [0.29, 0.717) is 12.5 Å². The van der Waals surface area contributed by atoms with Crippen molar-refractivity contribution in [2.24, 2.45) is 0 Å². The Morgan fingerprint density at radius 1 is 1.82 bits per heavy atom. The summed E-state index contributed by atoms with van der Waals surface area (Å²) in [5.74, 6) is 0.0775. The van der Waals surface area contributed by atoms with E-state index in [0.717, 1.165) is 19.5 Å². The van der Waals surface area contributed by atoms with Crippen LogP contribution in [0.1, 0.15) is 12.8 Å². The molecule has 62 valence electrons. The van der Waals surface area contributed by atoms with Gasteiger partial charge in [0.15, 0.2) is 0 Å². The van der Waals surface area contributed by atoms with Gasteiger partial charge in [-0.15, -0.1) is 6.58 Å². The van der Waals surface area contributed by atoms with Crippen LogP contribution in [0.5, 0.6) is 0 Å². The zero-order valence-corrected chi connectivity index (χ0v) is 6.60. The number of amides is 1. The molecule has 0 spiro atoms. The van der Waals surface area contributed by atoms with E-state index in [1.807, 2.05) is 0 Å². The van der Waals surface area contributed by atoms with E-state index in [4.69, 9.17) is 0 Å². The molecular formula is C8H14N2O. The maximum absolute atomic E-state index is 11.0. The lowest BCUT2D eigenvalue weighted by Gasteiger charge is -2.09. The molecule has 0 bridgehead atoms. The van der Waals surface area contributed by atoms with Gasteiger partial charge in [0.1, 0.15) is 0 Å². The van der Waals surface area contributed by atoms with Gasteiger partial charge in [0.25, 0.3) is 0 Å². The molecule has 0 aromatic rings. The number of hydrogen-bond acceptors (Lipinski definition) is 2. The molecule has 1 rings (SSSR count). The molecule has 1 fully saturated rings. The number of rotatable bonds is 3. The highest BCUT2D eigenvalue weighted by Crippen LogP contribution is 1.97. The van der Waals surface area contributed by atoms with E-state index in [1.165, 1.54) is 0 Å². The predicted octanol–water partition coefficient (Wildman–Crippen LogP) is 0.0406. The molecule has 0 radical (unpaired) electrons. The van der Waals surface area contributed by atoms with Gasteiger partial charge < -0.3 is 10.6 Å². The van der Waals surface area contributed by atoms with Crippen molar-refractivity contribution in [2.75, 3.05) is 13.1 Å². The zero-order valence-electron chi connectivity index (χ0n) is 6.60. The maximum atomic E-state index is 11.0. The highest BCUT2D eigenvalue weighted by molar-refractivity contribution is 5.77. The van der Waals surface area contributed by atoms with Crippen LogP contribution in [-0.4, -0.2) is 25.0 Å². The van der Waals surface area contributed by atoms with Gasteiger partial charge in [-0.1, -0.05) is 6.08 Å². The molecule has 3 nitrogen and oxygen atoms in total. The molecule has 1 amide bonds. The molecule has 3 heteroatoms. The second-order valence-electron chi connectivity index (χ2n) is 2.75. The summed E-state index contributed by atoms with van der Waals surface area (Å²) >= 11 is 0. The summed E-state index contributed by atoms with van der Waals surface area (Å²) in [6.45, 7) is 5.42. The van der Waals surface area contributed by atoms with E-state index in [-0.39, 0.29) is 5.91 Å². The van der Waals surface area contributed by atoms with Gasteiger partial charge in [0.2, 0.25) is 5.91 Å². The summed E-state index contributed by atoms with van der Waals surface area (Å²) in [5, 5.41) is 6.09. The standard InChI is InChI=1S/C8H14N2O/c1-2-3-8(11)10-7-4-5-9-6-7/h2,7,9H,1,3-6H2,(H,10,11)/t7-/m0/s1. The molecule has 1 aliphatic heterocycles. The van der Waals surface area contributed by atoms with Crippen LogP contribution in [0.3, 0.4) is 0 Å². The summed E-state index contributed by atoms with van der Waals surface area (Å²) in [6, 6.07) is 0.336. The van der Waals surface area contributed by atoms with E-state index in [2.05, 4.69) is 17.2 Å². The molecule has 0 saturated carbocycles. The highest BCUT2D eigenvalue weighted by Gasteiger charge is 2.15. The topological polar surface area (TPSA) is 41.1 Å². The molecular weight excluding hydrogens is 140 g/mol. The second kappa shape index (κ2) is 4.13. The highest BCUT2D eigenvalue weighted by atomic mass is 16.1. The van der Waals surface area contributed by atoms with Crippen LogP contribution in [-0.2, 0) is 4.79 Å². The van der Waals surface area contributed by atoms with Crippen LogP contribution in [0.4, 0.5) is 0 Å². The molecule has 0 aromatic heterocycles. The molecule has 2 N–H and O–H groups in total. The first-order valence-corrected chi connectivity index (χ1v) is 3.94. The van der Waals surface area contributed by atoms with Crippen LogP contribution in [0, 0.1) is 0 Å². The summed E-state index contributed by atoms with van der Waals surface area (Å²) in [5.41, 5.74) is 0. The first-order valence-electron chi connectivity index (χ1n) is 3.94. The lowest BCUT2D eigenvalue weighted by atomic mass is 10.2. The van der Waals surface area contributed by atoms with Crippen LogP contribution >= 0.6 is 0 Å². The Kier molecular flexibility index (Phi) is 3.11. The minimum atomic E-state index is 0.0775. The van der Waals surface area contributed by atoms with Gasteiger partial charge >= 0.3 is 0 Å². The Bertz CT molecular complexity index is 150. The third kappa shape index (κ3) is 2.72. The minimum Gasteiger partial charge on any atom is -0.352 e. The minimum absolute atomic E-state index is 0.0775. The Morgan fingerprint density at radius 2 is 2.64 bits per heavy atom. The van der Waals surface area contributed by atoms with E-state index >= 15 is 0 Å². The molecule has 0 unspecified atom stereocenters. The van der Waals surface area contributed by atoms with Crippen LogP contribution < -0.4 is 10.6 Å². The Balaban J connectivity index is 2.18. The summed E-state index contributed by atoms with van der Waals surface area (Å²) in [4.78, 5) is 11.0. The average Bonchev–Trinajstić information content (AvgIpc) is 2.40. The zero-order chi connectivity index (χ0) is 8.10. The van der Waals surface area contributed by atoms with Crippen molar-refractivity contribution in [1.29, 1.82) is 0 Å². The molecule has 0 aromatic carbocycles. The number of carbonyl (C=O) groups excluding carboxylic acids is 1. The Morgan fingerprint density at radius 3 is 3.18 bits per heavy atom. The van der Waals surface area contributed by atoms with Gasteiger partial charge in [-0.2, -0.15) is 0 Å². The fourth-order valence-electron chi connectivity index (χ4n) is 1.20. The molecule has 1 heterocycles. The number of carbonyl (C=O) groups is 1. The maximum Gasteiger partial charge on any atom is 0.224 e. The van der Waals surface area contributed by atoms with Gasteiger partial charge in [-0.25, -0.2) is 0 Å². The van der Waals surface area contributed by atoms with E-state index < -0.39 is 0 Å². The van der Waals surface area contributed by atoms with Crippen LogP contribution in [0.25, 0.3) is 0 Å². The number of nitrogens with one attached hydrogen (secondary N) is 2. The molecule has 0 aliphatic carbocycles. The van der Waals surface area contributed by atoms with Crippen molar-refractivity contribution in [2.45, 2.75) is 18.9 Å². The smallest absolute Gasteiger partial charge is 0.224 e. The third-order valence-corrected chi connectivity index (χ3v) is 1.76. The van der Waals surface area contributed by atoms with Gasteiger partial charge in [-0.05, 0) is 13.0 Å². The fourth-order valence-corrected chi connectivity index (χ4v) is 1.20. The lowest BCUT2D eigenvalue weighted by molar-refractivity contribution is -0.120. The molecule has 1 saturated heterocycles. The van der Waals surface area contributed by atoms with Crippen LogP contribution in [0.2, 0.25) is 0 Å². The molecule has 1 atom stereocenters. The van der Waals surface area contributed by atoms with E-state index in [9.17, 15) is 4.79 Å². The third-order valence-electron chi connectivity index (χ3n) is 1.76. The quantitative estimate of drug-likeness (QED) is 0.563. The number of hydrogen-bond donors (Lipinski definition) is 2. The fraction of sp³-hybridized carbons (Fsp3) is 0.625. The van der Waals surface area contributed by atoms with Gasteiger partial charge in [-0.3, -0.25) is 4.79 Å². The Labute approximate surface area is 66.9 Å². The van der Waals surface area contributed by atoms with Crippen molar-refractivity contribution in [1.82, 2.24) is 10.6 Å². The van der Waals surface area contributed by atoms with Crippen molar-refractivity contribution in [3.05, 3.63) is 12.7 Å². The summed E-state index contributed by atoms with van der Waals surface area (Å²) < 4.78 is 0. The van der Waals surface area contributed by atoms with Crippen molar-refractivity contribution in [3.63, 3.8) is 0 Å². The monoisotopic (exact) mass is 154 g/mol. The van der Waals surface area contributed by atoms with Gasteiger partial charge in [0, 0.05) is 19.0 Å². The van der Waals surface area contributed by atoms with E-state index in [1.54, 1.807) is 6.08 Å². The van der Waals surface area contributed by atoms with Gasteiger partial charge in [0.05, 0.1) is 0 Å². The molecule has 11 heavy (non-hydrogen) atoms. The van der Waals surface area contributed by atoms with Crippen molar-refractivity contribution >= 4 is 5.91 Å². The van der Waals surface area contributed by atoms with Crippen molar-refractivity contribution < 1.29 is 4.79 Å². The second-order valence-corrected chi connectivity index (χ2v) is 2.75. The predicted molar refractivity (Wildman–Crippen MR) is 44.2 cm³/mol. The summed E-state index contributed by atoms with van der Waals surface area (Å²) in [7, 11) is 0. The SMILES string of the molecule is C=CCC(=O)N[C@H]1CCNC1. The lowest BCUT2D eigenvalue weighted by Crippen LogP contribution is -2.35. The first kappa shape index (κ1) is 8.27. The average molecular weight is 154 g/mol.